The van der Waals surface area contributed by atoms with E-state index in [9.17, 15) is 9.59 Å². The smallest absolute Gasteiger partial charge is 0.356 e. The number of fused-ring (bicyclic) bond motifs is 3. The van der Waals surface area contributed by atoms with Crippen molar-refractivity contribution >= 4 is 11.9 Å². The number of carbonyl (C=O) groups is 2. The maximum atomic E-state index is 12.4. The monoisotopic (exact) mass is 285 g/mol. The number of ether oxygens (including phenoxy) is 1. The molecule has 6 nitrogen and oxygen atoms in total. The highest BCUT2D eigenvalue weighted by atomic mass is 16.5. The number of aromatic nitrogens is 2. The first-order valence-electron chi connectivity index (χ1n) is 6.62. The predicted molar refractivity (Wildman–Crippen MR) is 76.0 cm³/mol. The number of hydrogen-bond acceptors (Lipinski definition) is 4. The molecule has 0 spiro atoms. The Bertz CT molecular complexity index is 721. The van der Waals surface area contributed by atoms with Gasteiger partial charge >= 0.3 is 5.97 Å². The van der Waals surface area contributed by atoms with Crippen molar-refractivity contribution in [1.29, 1.82) is 0 Å². The molecule has 0 bridgehead atoms. The third-order valence-corrected chi connectivity index (χ3v) is 3.65. The van der Waals surface area contributed by atoms with Gasteiger partial charge in [-0.1, -0.05) is 18.2 Å². The van der Waals surface area contributed by atoms with Crippen molar-refractivity contribution in [3.8, 4) is 11.4 Å². The van der Waals surface area contributed by atoms with E-state index in [0.717, 1.165) is 5.56 Å². The second-order valence-electron chi connectivity index (χ2n) is 4.88. The lowest BCUT2D eigenvalue weighted by Crippen LogP contribution is -2.33. The Morgan fingerprint density at radius 1 is 1.24 bits per heavy atom. The first-order valence-corrected chi connectivity index (χ1v) is 6.62. The zero-order valence-electron chi connectivity index (χ0n) is 11.9. The fourth-order valence-corrected chi connectivity index (χ4v) is 2.51. The van der Waals surface area contributed by atoms with Gasteiger partial charge in [-0.2, -0.15) is 0 Å². The number of nitrogens with zero attached hydrogens (tertiary/aromatic N) is 3. The van der Waals surface area contributed by atoms with Crippen molar-refractivity contribution in [1.82, 2.24) is 14.5 Å². The van der Waals surface area contributed by atoms with E-state index in [1.165, 1.54) is 13.3 Å². The molecule has 0 atom stereocenters. The number of imidazole rings is 1. The van der Waals surface area contributed by atoms with Gasteiger partial charge in [0, 0.05) is 25.7 Å². The highest BCUT2D eigenvalue weighted by Crippen LogP contribution is 2.27. The average molecular weight is 285 g/mol. The molecule has 3 rings (SSSR count). The third-order valence-electron chi connectivity index (χ3n) is 3.65. The lowest BCUT2D eigenvalue weighted by atomic mass is 10.0. The Kier molecular flexibility index (Phi) is 3.21. The number of benzene rings is 1. The quantitative estimate of drug-likeness (QED) is 0.743. The summed E-state index contributed by atoms with van der Waals surface area (Å²) in [6.07, 6.45) is 1.49. The number of esters is 1. The van der Waals surface area contributed by atoms with Gasteiger partial charge in [0.25, 0.3) is 5.91 Å². The highest BCUT2D eigenvalue weighted by Gasteiger charge is 2.25. The van der Waals surface area contributed by atoms with E-state index in [1.54, 1.807) is 22.6 Å². The van der Waals surface area contributed by atoms with Crippen LogP contribution in [0.1, 0.15) is 20.8 Å². The van der Waals surface area contributed by atoms with Gasteiger partial charge in [-0.3, -0.25) is 4.79 Å². The molecule has 0 saturated heterocycles. The zero-order chi connectivity index (χ0) is 15.0. The number of methoxy groups -OCH3 is 1. The normalized spacial score (nSPS) is 14.0. The Morgan fingerprint density at radius 3 is 2.67 bits per heavy atom. The van der Waals surface area contributed by atoms with Crippen LogP contribution in [0.4, 0.5) is 0 Å². The largest absolute Gasteiger partial charge is 0.464 e. The summed E-state index contributed by atoms with van der Waals surface area (Å²) in [5.74, 6) is 0.146. The summed E-state index contributed by atoms with van der Waals surface area (Å²) in [4.78, 5) is 30.2. The minimum Gasteiger partial charge on any atom is -0.464 e. The lowest BCUT2D eigenvalue weighted by molar-refractivity contribution is 0.0588. The fraction of sp³-hybridized carbons (Fsp3) is 0.267. The maximum Gasteiger partial charge on any atom is 0.356 e. The summed E-state index contributed by atoms with van der Waals surface area (Å²) < 4.78 is 6.59. The van der Waals surface area contributed by atoms with Crippen LogP contribution >= 0.6 is 0 Å². The highest BCUT2D eigenvalue weighted by molar-refractivity contribution is 6.00. The maximum absolute atomic E-state index is 12.4. The van der Waals surface area contributed by atoms with Crippen molar-refractivity contribution in [2.45, 2.75) is 6.54 Å². The van der Waals surface area contributed by atoms with Crippen LogP contribution in [-0.2, 0) is 11.3 Å². The van der Waals surface area contributed by atoms with Gasteiger partial charge in [0.1, 0.15) is 11.5 Å². The molecule has 108 valence electrons. The summed E-state index contributed by atoms with van der Waals surface area (Å²) >= 11 is 0. The first kappa shape index (κ1) is 13.4. The molecule has 1 aromatic heterocycles. The second-order valence-corrected chi connectivity index (χ2v) is 4.88. The van der Waals surface area contributed by atoms with Crippen LogP contribution < -0.4 is 0 Å². The van der Waals surface area contributed by atoms with Crippen molar-refractivity contribution in [3.63, 3.8) is 0 Å². The molecule has 1 aromatic carbocycles. The van der Waals surface area contributed by atoms with E-state index in [1.807, 2.05) is 18.2 Å². The minimum atomic E-state index is -0.430. The van der Waals surface area contributed by atoms with E-state index in [-0.39, 0.29) is 5.91 Å². The number of amides is 1. The van der Waals surface area contributed by atoms with Crippen molar-refractivity contribution in [2.24, 2.45) is 0 Å². The lowest BCUT2D eigenvalue weighted by Gasteiger charge is -2.23. The van der Waals surface area contributed by atoms with Crippen LogP contribution in [0, 0.1) is 0 Å². The Hall–Kier alpha value is -2.63. The van der Waals surface area contributed by atoms with Crippen LogP contribution in [0.3, 0.4) is 0 Å². The molecular formula is C15H15N3O3. The van der Waals surface area contributed by atoms with E-state index in [4.69, 9.17) is 4.74 Å². The van der Waals surface area contributed by atoms with Gasteiger partial charge in [-0.15, -0.1) is 0 Å². The summed E-state index contributed by atoms with van der Waals surface area (Å²) in [6.45, 7) is 0.997. The number of likely N-dealkylation sites (N-methyl/N-ethyl adjacent to an activating group) is 1. The van der Waals surface area contributed by atoms with Crippen molar-refractivity contribution in [3.05, 3.63) is 41.7 Å². The van der Waals surface area contributed by atoms with E-state index >= 15 is 0 Å². The fourth-order valence-electron chi connectivity index (χ4n) is 2.51. The summed E-state index contributed by atoms with van der Waals surface area (Å²) in [5, 5.41) is 0. The van der Waals surface area contributed by atoms with Gasteiger partial charge in [-0.05, 0) is 6.07 Å². The third kappa shape index (κ3) is 2.08. The van der Waals surface area contributed by atoms with Crippen LogP contribution in [0.25, 0.3) is 11.4 Å². The van der Waals surface area contributed by atoms with Crippen LogP contribution in [0.5, 0.6) is 0 Å². The molecule has 0 unspecified atom stereocenters. The SMILES string of the molecule is COC(=O)c1cnc2n1CCN(C)C(=O)c1ccccc1-2. The van der Waals surface area contributed by atoms with E-state index < -0.39 is 5.97 Å². The standard InChI is InChI=1S/C15H15N3O3/c1-17-7-8-18-12(15(20)21-2)9-16-13(18)10-5-3-4-6-11(10)14(17)19/h3-6,9H,7-8H2,1-2H3. The molecule has 2 heterocycles. The van der Waals surface area contributed by atoms with E-state index in [2.05, 4.69) is 4.98 Å². The molecule has 0 N–H and O–H groups in total. The number of carbonyl (C=O) groups excluding carboxylic acids is 2. The minimum absolute atomic E-state index is 0.0422. The van der Waals surface area contributed by atoms with Crippen molar-refractivity contribution < 1.29 is 14.3 Å². The Morgan fingerprint density at radius 2 is 1.95 bits per heavy atom. The van der Waals surface area contributed by atoms with Crippen molar-refractivity contribution in [2.75, 3.05) is 20.7 Å². The summed E-state index contributed by atoms with van der Waals surface area (Å²) in [6, 6.07) is 7.29. The number of hydrogen-bond donors (Lipinski definition) is 0. The molecule has 1 aliphatic rings. The molecule has 0 radical (unpaired) electrons. The second kappa shape index (κ2) is 5.05. The van der Waals surface area contributed by atoms with Gasteiger partial charge < -0.3 is 14.2 Å². The molecular weight excluding hydrogens is 270 g/mol. The Labute approximate surface area is 122 Å². The molecule has 0 saturated carbocycles. The first-order chi connectivity index (χ1) is 10.1. The average Bonchev–Trinajstić information content (AvgIpc) is 2.93. The number of rotatable bonds is 1. The molecule has 1 aliphatic heterocycles. The molecule has 2 aromatic rings. The van der Waals surface area contributed by atoms with Crippen LogP contribution in [0.2, 0.25) is 0 Å². The topological polar surface area (TPSA) is 64.4 Å². The van der Waals surface area contributed by atoms with Crippen LogP contribution in [-0.4, -0.2) is 47.0 Å². The summed E-state index contributed by atoms with van der Waals surface area (Å²) in [7, 11) is 3.09. The van der Waals surface area contributed by atoms with Gasteiger partial charge in [0.15, 0.2) is 0 Å². The molecule has 0 aliphatic carbocycles. The van der Waals surface area contributed by atoms with Gasteiger partial charge in [-0.25, -0.2) is 9.78 Å². The summed E-state index contributed by atoms with van der Waals surface area (Å²) in [5.41, 5.74) is 1.71. The molecule has 6 heteroatoms. The van der Waals surface area contributed by atoms with Crippen LogP contribution in [0.15, 0.2) is 30.5 Å². The Balaban J connectivity index is 2.23. The van der Waals surface area contributed by atoms with Gasteiger partial charge in [0.2, 0.25) is 0 Å². The molecule has 1 amide bonds. The zero-order valence-corrected chi connectivity index (χ0v) is 11.9. The van der Waals surface area contributed by atoms with E-state index in [0.29, 0.717) is 30.2 Å². The molecule has 21 heavy (non-hydrogen) atoms. The predicted octanol–water partition coefficient (Wildman–Crippen LogP) is 1.42. The molecule has 0 fully saturated rings. The van der Waals surface area contributed by atoms with Gasteiger partial charge in [0.05, 0.1) is 18.9 Å².